The molecule has 0 heterocycles. The Morgan fingerprint density at radius 1 is 0.971 bits per heavy atom. The lowest BCUT2D eigenvalue weighted by Crippen LogP contribution is -2.20. The number of sulfone groups is 1. The summed E-state index contributed by atoms with van der Waals surface area (Å²) in [5, 5.41) is 2.09. The minimum atomic E-state index is -4.56. The predicted molar refractivity (Wildman–Crippen MR) is 125 cm³/mol. The van der Waals surface area contributed by atoms with Crippen molar-refractivity contribution in [2.75, 3.05) is 5.32 Å². The number of nitrogens with one attached hydrogen (secondary N) is 1. The van der Waals surface area contributed by atoms with Crippen LogP contribution >= 0.6 is 23.2 Å². The Hall–Kier alpha value is -2.55. The Bertz CT molecular complexity index is 1340. The van der Waals surface area contributed by atoms with E-state index < -0.39 is 32.7 Å². The van der Waals surface area contributed by atoms with E-state index in [9.17, 15) is 26.4 Å². The minimum absolute atomic E-state index is 0.0949. The van der Waals surface area contributed by atoms with E-state index in [-0.39, 0.29) is 20.5 Å². The number of fused-ring (bicyclic) bond motifs is 1. The second kappa shape index (κ2) is 9.24. The number of carbonyl (C=O) groups is 1. The topological polar surface area (TPSA) is 63.2 Å². The second-order valence-corrected chi connectivity index (χ2v) is 10.9. The normalized spacial score (nSPS) is 16.1. The first-order chi connectivity index (χ1) is 16.0. The van der Waals surface area contributed by atoms with E-state index in [2.05, 4.69) is 5.32 Å². The second-order valence-electron chi connectivity index (χ2n) is 7.91. The van der Waals surface area contributed by atoms with Gasteiger partial charge in [0.15, 0.2) is 9.84 Å². The average Bonchev–Trinajstić information content (AvgIpc) is 2.78. The van der Waals surface area contributed by atoms with Crippen LogP contribution in [0.25, 0.3) is 0 Å². The largest absolute Gasteiger partial charge is 0.416 e. The quantitative estimate of drug-likeness (QED) is 0.393. The third-order valence-electron chi connectivity index (χ3n) is 5.74. The Balaban J connectivity index is 1.66. The summed E-state index contributed by atoms with van der Waals surface area (Å²) in [6.07, 6.45) is -2.99. The molecule has 3 aromatic rings. The SMILES string of the molecule is O=C(Nc1ccc2c(c1)C(S(=O)(=O)c1ccc(C(F)(F)F)cc1)CCC2)c1c(Cl)cccc1Cl. The lowest BCUT2D eigenvalue weighted by molar-refractivity contribution is -0.137. The first kappa shape index (κ1) is 24.6. The molecular weight excluding hydrogens is 510 g/mol. The van der Waals surface area contributed by atoms with Crippen molar-refractivity contribution in [1.29, 1.82) is 0 Å². The number of rotatable bonds is 4. The smallest absolute Gasteiger partial charge is 0.322 e. The highest BCUT2D eigenvalue weighted by Crippen LogP contribution is 2.41. The van der Waals surface area contributed by atoms with Gasteiger partial charge in [-0.15, -0.1) is 0 Å². The van der Waals surface area contributed by atoms with Crippen molar-refractivity contribution in [2.45, 2.75) is 35.6 Å². The number of hydrogen-bond donors (Lipinski definition) is 1. The molecular formula is C24H18Cl2F3NO3S. The van der Waals surface area contributed by atoms with Gasteiger partial charge >= 0.3 is 6.18 Å². The number of hydrogen-bond acceptors (Lipinski definition) is 3. The molecule has 0 saturated heterocycles. The van der Waals surface area contributed by atoms with Crippen molar-refractivity contribution < 1.29 is 26.4 Å². The molecule has 178 valence electrons. The number of alkyl halides is 3. The van der Waals surface area contributed by atoms with Gasteiger partial charge in [0.1, 0.15) is 0 Å². The van der Waals surface area contributed by atoms with E-state index in [4.69, 9.17) is 23.2 Å². The highest BCUT2D eigenvalue weighted by atomic mass is 35.5. The van der Waals surface area contributed by atoms with Gasteiger partial charge in [-0.25, -0.2) is 8.42 Å². The number of halogens is 5. The van der Waals surface area contributed by atoms with E-state index in [0.29, 0.717) is 30.5 Å². The van der Waals surface area contributed by atoms with E-state index in [1.807, 2.05) is 0 Å². The van der Waals surface area contributed by atoms with Crippen molar-refractivity contribution >= 4 is 44.6 Å². The molecule has 0 fully saturated rings. The van der Waals surface area contributed by atoms with Crippen LogP contribution in [0.2, 0.25) is 10.0 Å². The van der Waals surface area contributed by atoms with E-state index in [1.54, 1.807) is 24.3 Å². The molecule has 0 aromatic heterocycles. The molecule has 1 aliphatic carbocycles. The molecule has 1 unspecified atom stereocenters. The van der Waals surface area contributed by atoms with Crippen molar-refractivity contribution in [3.05, 3.63) is 93.0 Å². The third-order valence-corrected chi connectivity index (χ3v) is 8.54. The highest BCUT2D eigenvalue weighted by Gasteiger charge is 2.35. The van der Waals surface area contributed by atoms with Gasteiger partial charge in [0.05, 0.1) is 31.3 Å². The summed E-state index contributed by atoms with van der Waals surface area (Å²) in [7, 11) is -3.97. The summed E-state index contributed by atoms with van der Waals surface area (Å²) in [5.41, 5.74) is 0.847. The van der Waals surface area contributed by atoms with Crippen LogP contribution in [0.3, 0.4) is 0 Å². The predicted octanol–water partition coefficient (Wildman–Crippen LogP) is 7.12. The summed E-state index contributed by atoms with van der Waals surface area (Å²) >= 11 is 12.2. The van der Waals surface area contributed by atoms with E-state index >= 15 is 0 Å². The molecule has 3 aromatic carbocycles. The van der Waals surface area contributed by atoms with Crippen LogP contribution < -0.4 is 5.32 Å². The van der Waals surface area contributed by atoms with Gasteiger partial charge < -0.3 is 5.32 Å². The first-order valence-corrected chi connectivity index (χ1v) is 12.6. The third kappa shape index (κ3) is 4.80. The molecule has 0 saturated carbocycles. The lowest BCUT2D eigenvalue weighted by atomic mass is 9.91. The van der Waals surface area contributed by atoms with Gasteiger partial charge in [0.25, 0.3) is 5.91 Å². The molecule has 34 heavy (non-hydrogen) atoms. The number of aryl methyl sites for hydroxylation is 1. The van der Waals surface area contributed by atoms with Crippen molar-refractivity contribution in [1.82, 2.24) is 0 Å². The van der Waals surface area contributed by atoms with Gasteiger partial charge in [0.2, 0.25) is 0 Å². The zero-order chi connectivity index (χ0) is 24.7. The van der Waals surface area contributed by atoms with Crippen LogP contribution in [-0.2, 0) is 22.4 Å². The molecule has 1 amide bonds. The molecule has 10 heteroatoms. The fourth-order valence-electron chi connectivity index (χ4n) is 4.06. The van der Waals surface area contributed by atoms with Gasteiger partial charge in [-0.1, -0.05) is 35.3 Å². The van der Waals surface area contributed by atoms with Crippen molar-refractivity contribution in [3.63, 3.8) is 0 Å². The number of carbonyl (C=O) groups excluding carboxylic acids is 1. The summed E-state index contributed by atoms with van der Waals surface area (Å²) < 4.78 is 65.4. The molecule has 4 rings (SSSR count). The van der Waals surface area contributed by atoms with Crippen LogP contribution in [0, 0.1) is 0 Å². The Kier molecular flexibility index (Phi) is 6.68. The fourth-order valence-corrected chi connectivity index (χ4v) is 6.51. The summed E-state index contributed by atoms with van der Waals surface area (Å²) in [6, 6.07) is 13.2. The van der Waals surface area contributed by atoms with Crippen LogP contribution in [0.4, 0.5) is 18.9 Å². The van der Waals surface area contributed by atoms with Crippen LogP contribution in [0.15, 0.2) is 65.6 Å². The van der Waals surface area contributed by atoms with Crippen LogP contribution in [0.1, 0.15) is 45.1 Å². The first-order valence-electron chi connectivity index (χ1n) is 10.3. The Morgan fingerprint density at radius 3 is 2.24 bits per heavy atom. The fraction of sp³-hybridized carbons (Fsp3) is 0.208. The van der Waals surface area contributed by atoms with Gasteiger partial charge in [-0.05, 0) is 78.9 Å². The standard InChI is InChI=1S/C24H18Cl2F3NO3S/c25-19-4-2-5-20(26)22(19)23(31)30-16-10-7-14-3-1-6-21(18(14)13-16)34(32,33)17-11-8-15(9-12-17)24(27,28)29/h2,4-5,7-13,21H,1,3,6H2,(H,30,31). The summed E-state index contributed by atoms with van der Waals surface area (Å²) in [4.78, 5) is 12.6. The molecule has 1 atom stereocenters. The maximum Gasteiger partial charge on any atom is 0.416 e. The summed E-state index contributed by atoms with van der Waals surface area (Å²) in [5.74, 6) is -0.548. The van der Waals surface area contributed by atoms with Crippen LogP contribution in [0.5, 0.6) is 0 Å². The van der Waals surface area contributed by atoms with Crippen molar-refractivity contribution in [2.24, 2.45) is 0 Å². The molecule has 0 bridgehead atoms. The Morgan fingerprint density at radius 2 is 1.62 bits per heavy atom. The average molecular weight is 528 g/mol. The van der Waals surface area contributed by atoms with E-state index in [0.717, 1.165) is 29.8 Å². The Labute approximate surface area is 204 Å². The number of amides is 1. The molecule has 1 aliphatic rings. The molecule has 4 nitrogen and oxygen atoms in total. The number of benzene rings is 3. The lowest BCUT2D eigenvalue weighted by Gasteiger charge is -2.26. The van der Waals surface area contributed by atoms with Gasteiger partial charge in [-0.3, -0.25) is 4.79 Å². The van der Waals surface area contributed by atoms with Crippen molar-refractivity contribution in [3.8, 4) is 0 Å². The molecule has 0 radical (unpaired) electrons. The highest BCUT2D eigenvalue weighted by molar-refractivity contribution is 7.91. The molecule has 1 N–H and O–H groups in total. The van der Waals surface area contributed by atoms with Crippen LogP contribution in [-0.4, -0.2) is 14.3 Å². The maximum atomic E-state index is 13.4. The zero-order valence-electron chi connectivity index (χ0n) is 17.5. The summed E-state index contributed by atoms with van der Waals surface area (Å²) in [6.45, 7) is 0. The van der Waals surface area contributed by atoms with E-state index in [1.165, 1.54) is 12.1 Å². The maximum absolute atomic E-state index is 13.4. The minimum Gasteiger partial charge on any atom is -0.322 e. The monoisotopic (exact) mass is 527 g/mol. The molecule has 0 aliphatic heterocycles. The van der Waals surface area contributed by atoms with Gasteiger partial charge in [-0.2, -0.15) is 13.2 Å². The zero-order valence-corrected chi connectivity index (χ0v) is 19.8. The number of anilines is 1. The molecule has 0 spiro atoms. The van der Waals surface area contributed by atoms with Gasteiger partial charge in [0, 0.05) is 5.69 Å².